The van der Waals surface area contributed by atoms with Crippen molar-refractivity contribution in [2.45, 2.75) is 0 Å². The molecule has 0 spiro atoms. The van der Waals surface area contributed by atoms with E-state index in [1.807, 2.05) is 31.6 Å². The summed E-state index contributed by atoms with van der Waals surface area (Å²) in [5.74, 6) is 0. The van der Waals surface area contributed by atoms with Crippen LogP contribution in [0.5, 0.6) is 0 Å². The second-order valence-electron chi connectivity index (χ2n) is 3.63. The number of nitrogens with one attached hydrogen (secondary N) is 2. The number of pyridine rings is 1. The van der Waals surface area contributed by atoms with E-state index in [1.54, 1.807) is 6.20 Å². The highest BCUT2D eigenvalue weighted by atomic mass is 14.9. The molecule has 3 aromatic heterocycles. The first-order chi connectivity index (χ1) is 8.40. The molecule has 0 atom stereocenters. The molecular weight excluding hydrogens is 214 g/mol. The van der Waals surface area contributed by atoms with Gasteiger partial charge in [-0.25, -0.2) is 15.0 Å². The lowest BCUT2D eigenvalue weighted by Gasteiger charge is -2.08. The van der Waals surface area contributed by atoms with Crippen LogP contribution in [-0.4, -0.2) is 27.0 Å². The highest BCUT2D eigenvalue weighted by Crippen LogP contribution is 2.31. The van der Waals surface area contributed by atoms with Crippen LogP contribution in [0.4, 0.5) is 5.69 Å². The maximum Gasteiger partial charge on any atom is 0.139 e. The monoisotopic (exact) mass is 225 g/mol. The lowest BCUT2D eigenvalue weighted by atomic mass is 10.1. The fourth-order valence-corrected chi connectivity index (χ4v) is 1.92. The van der Waals surface area contributed by atoms with E-state index in [0.717, 1.165) is 28.0 Å². The molecule has 0 unspecified atom stereocenters. The minimum atomic E-state index is 0.861. The summed E-state index contributed by atoms with van der Waals surface area (Å²) in [5.41, 5.74) is 3.73. The fourth-order valence-electron chi connectivity index (χ4n) is 1.92. The molecule has 0 aliphatic heterocycles. The number of aromatic amines is 1. The quantitative estimate of drug-likeness (QED) is 0.700. The van der Waals surface area contributed by atoms with Crippen LogP contribution >= 0.6 is 0 Å². The first-order valence-corrected chi connectivity index (χ1v) is 5.30. The standard InChI is InChI=1S/C12H11N5/c1-13-11-8-2-5-15-12(8)16-6-9(11)10-3-4-14-7-17-10/h2-7H,1H3,(H2,13,15,16). The summed E-state index contributed by atoms with van der Waals surface area (Å²) in [5, 5.41) is 4.26. The molecule has 17 heavy (non-hydrogen) atoms. The highest BCUT2D eigenvalue weighted by Gasteiger charge is 2.10. The van der Waals surface area contributed by atoms with E-state index in [-0.39, 0.29) is 0 Å². The molecule has 3 rings (SSSR count). The van der Waals surface area contributed by atoms with Crippen molar-refractivity contribution < 1.29 is 0 Å². The van der Waals surface area contributed by atoms with Crippen LogP contribution in [0.2, 0.25) is 0 Å². The van der Waals surface area contributed by atoms with Gasteiger partial charge in [0.25, 0.3) is 0 Å². The van der Waals surface area contributed by atoms with Crippen LogP contribution in [-0.2, 0) is 0 Å². The lowest BCUT2D eigenvalue weighted by Crippen LogP contribution is -1.95. The summed E-state index contributed by atoms with van der Waals surface area (Å²) in [6, 6.07) is 3.87. The predicted octanol–water partition coefficient (Wildman–Crippen LogP) is 2.06. The lowest BCUT2D eigenvalue weighted by molar-refractivity contribution is 1.17. The molecule has 0 aliphatic carbocycles. The maximum atomic E-state index is 4.37. The van der Waals surface area contributed by atoms with Crippen molar-refractivity contribution in [3.8, 4) is 11.3 Å². The molecule has 5 heteroatoms. The van der Waals surface area contributed by atoms with Crippen LogP contribution < -0.4 is 5.32 Å². The van der Waals surface area contributed by atoms with E-state index >= 15 is 0 Å². The number of anilines is 1. The molecule has 0 aliphatic rings. The van der Waals surface area contributed by atoms with Crippen molar-refractivity contribution in [2.75, 3.05) is 12.4 Å². The van der Waals surface area contributed by atoms with Gasteiger partial charge in [0.1, 0.15) is 12.0 Å². The molecule has 0 bridgehead atoms. The van der Waals surface area contributed by atoms with Gasteiger partial charge in [-0.2, -0.15) is 0 Å². The van der Waals surface area contributed by atoms with E-state index in [4.69, 9.17) is 0 Å². The van der Waals surface area contributed by atoms with Gasteiger partial charge in [-0.05, 0) is 12.1 Å². The number of hydrogen-bond acceptors (Lipinski definition) is 4. The Hall–Kier alpha value is -2.43. The summed E-state index contributed by atoms with van der Waals surface area (Å²) in [6.45, 7) is 0. The van der Waals surface area contributed by atoms with Gasteiger partial charge < -0.3 is 10.3 Å². The molecule has 3 heterocycles. The zero-order valence-corrected chi connectivity index (χ0v) is 9.31. The average molecular weight is 225 g/mol. The van der Waals surface area contributed by atoms with Crippen molar-refractivity contribution in [1.29, 1.82) is 0 Å². The van der Waals surface area contributed by atoms with Crippen molar-refractivity contribution in [1.82, 2.24) is 19.9 Å². The van der Waals surface area contributed by atoms with E-state index in [9.17, 15) is 0 Å². The zero-order valence-electron chi connectivity index (χ0n) is 9.31. The molecule has 84 valence electrons. The first-order valence-electron chi connectivity index (χ1n) is 5.30. The highest BCUT2D eigenvalue weighted by molar-refractivity contribution is 5.97. The summed E-state index contributed by atoms with van der Waals surface area (Å²) >= 11 is 0. The number of nitrogens with zero attached hydrogens (tertiary/aromatic N) is 3. The molecule has 3 aromatic rings. The van der Waals surface area contributed by atoms with Crippen LogP contribution in [0.25, 0.3) is 22.3 Å². The fraction of sp³-hybridized carbons (Fsp3) is 0.0833. The minimum absolute atomic E-state index is 0.861. The second kappa shape index (κ2) is 3.86. The van der Waals surface area contributed by atoms with Gasteiger partial charge in [0.15, 0.2) is 0 Å². The first kappa shape index (κ1) is 9.77. The van der Waals surface area contributed by atoms with Gasteiger partial charge in [-0.1, -0.05) is 0 Å². The summed E-state index contributed by atoms with van der Waals surface area (Å²) in [6.07, 6.45) is 6.95. The number of hydrogen-bond donors (Lipinski definition) is 2. The van der Waals surface area contributed by atoms with Crippen LogP contribution in [0.3, 0.4) is 0 Å². The van der Waals surface area contributed by atoms with E-state index < -0.39 is 0 Å². The molecule has 0 amide bonds. The van der Waals surface area contributed by atoms with Crippen LogP contribution in [0, 0.1) is 0 Å². The number of H-pyrrole nitrogens is 1. The molecular formula is C12H11N5. The normalized spacial score (nSPS) is 10.6. The number of aromatic nitrogens is 4. The second-order valence-corrected chi connectivity index (χ2v) is 3.63. The van der Waals surface area contributed by atoms with Crippen molar-refractivity contribution in [3.63, 3.8) is 0 Å². The topological polar surface area (TPSA) is 66.5 Å². The van der Waals surface area contributed by atoms with Crippen LogP contribution in [0.15, 0.2) is 37.1 Å². The zero-order chi connectivity index (χ0) is 11.7. The Kier molecular flexibility index (Phi) is 2.22. The van der Waals surface area contributed by atoms with Gasteiger partial charge in [0, 0.05) is 36.6 Å². The van der Waals surface area contributed by atoms with Gasteiger partial charge in [0.2, 0.25) is 0 Å². The van der Waals surface area contributed by atoms with Crippen molar-refractivity contribution in [3.05, 3.63) is 37.1 Å². The Morgan fingerprint density at radius 2 is 2.18 bits per heavy atom. The Labute approximate surface area is 98.0 Å². The molecule has 0 radical (unpaired) electrons. The Balaban J connectivity index is 2.29. The molecule has 0 aromatic carbocycles. The van der Waals surface area contributed by atoms with Crippen molar-refractivity contribution in [2.24, 2.45) is 0 Å². The van der Waals surface area contributed by atoms with Gasteiger partial charge in [-0.15, -0.1) is 0 Å². The smallest absolute Gasteiger partial charge is 0.139 e. The SMILES string of the molecule is CNc1c(-c2ccncn2)cnc2[nH]ccc12. The van der Waals surface area contributed by atoms with Crippen LogP contribution in [0.1, 0.15) is 0 Å². The maximum absolute atomic E-state index is 4.37. The third kappa shape index (κ3) is 1.52. The Morgan fingerprint density at radius 3 is 2.94 bits per heavy atom. The minimum Gasteiger partial charge on any atom is -0.387 e. The average Bonchev–Trinajstić information content (AvgIpc) is 2.86. The molecule has 0 saturated heterocycles. The Bertz CT molecular complexity index is 644. The molecule has 5 nitrogen and oxygen atoms in total. The molecule has 2 N–H and O–H groups in total. The largest absolute Gasteiger partial charge is 0.387 e. The molecule has 0 saturated carbocycles. The summed E-state index contributed by atoms with van der Waals surface area (Å²) < 4.78 is 0. The summed E-state index contributed by atoms with van der Waals surface area (Å²) in [4.78, 5) is 15.6. The molecule has 0 fully saturated rings. The van der Waals surface area contributed by atoms with E-state index in [1.165, 1.54) is 6.33 Å². The van der Waals surface area contributed by atoms with E-state index in [0.29, 0.717) is 0 Å². The van der Waals surface area contributed by atoms with E-state index in [2.05, 4.69) is 25.3 Å². The van der Waals surface area contributed by atoms with Gasteiger partial charge in [0.05, 0.1) is 11.4 Å². The van der Waals surface area contributed by atoms with Crippen molar-refractivity contribution >= 4 is 16.7 Å². The Morgan fingerprint density at radius 1 is 1.24 bits per heavy atom. The predicted molar refractivity (Wildman–Crippen MR) is 66.7 cm³/mol. The number of fused-ring (bicyclic) bond motifs is 1. The third-order valence-electron chi connectivity index (χ3n) is 2.69. The van der Waals surface area contributed by atoms with Gasteiger partial charge >= 0.3 is 0 Å². The number of rotatable bonds is 2. The third-order valence-corrected chi connectivity index (χ3v) is 2.69. The van der Waals surface area contributed by atoms with Gasteiger partial charge in [-0.3, -0.25) is 0 Å². The summed E-state index contributed by atoms with van der Waals surface area (Å²) in [7, 11) is 1.90.